The summed E-state index contributed by atoms with van der Waals surface area (Å²) in [5.41, 5.74) is 22.8. The van der Waals surface area contributed by atoms with Crippen molar-refractivity contribution >= 4 is 57.2 Å². The molecule has 0 amide bonds. The minimum Gasteiger partial charge on any atom is -0.311 e. The fraction of sp³-hybridized carbons (Fsp3) is 0.250. The van der Waals surface area contributed by atoms with E-state index in [0.29, 0.717) is 0 Å². The van der Waals surface area contributed by atoms with Crippen LogP contribution in [0.1, 0.15) is 95.9 Å². The van der Waals surface area contributed by atoms with Crippen LogP contribution in [0.5, 0.6) is 0 Å². The lowest BCUT2D eigenvalue weighted by Crippen LogP contribution is -2.61. The van der Waals surface area contributed by atoms with Gasteiger partial charge < -0.3 is 9.80 Å². The summed E-state index contributed by atoms with van der Waals surface area (Å²) in [6, 6.07) is 58.6. The monoisotopic (exact) mass is 764 g/mol. The second kappa shape index (κ2) is 13.1. The van der Waals surface area contributed by atoms with E-state index in [0.717, 1.165) is 0 Å². The van der Waals surface area contributed by atoms with Crippen molar-refractivity contribution in [1.82, 2.24) is 0 Å². The minimum absolute atomic E-state index is 0.000164. The van der Waals surface area contributed by atoms with Crippen LogP contribution in [0.2, 0.25) is 0 Å². The molecule has 2 nitrogen and oxygen atoms in total. The van der Waals surface area contributed by atoms with Crippen LogP contribution in [-0.2, 0) is 16.2 Å². The molecule has 59 heavy (non-hydrogen) atoms. The summed E-state index contributed by atoms with van der Waals surface area (Å²) in [5, 5.41) is 0. The molecule has 290 valence electrons. The fourth-order valence-electron chi connectivity index (χ4n) is 11.2. The van der Waals surface area contributed by atoms with Crippen molar-refractivity contribution in [3.8, 4) is 22.3 Å². The Kier molecular flexibility index (Phi) is 8.06. The van der Waals surface area contributed by atoms with Gasteiger partial charge in [0, 0.05) is 39.5 Å². The maximum Gasteiger partial charge on any atom is 0.252 e. The molecule has 11 rings (SSSR count). The highest BCUT2D eigenvalue weighted by molar-refractivity contribution is 7.00. The first kappa shape index (κ1) is 36.3. The molecule has 0 N–H and O–H groups in total. The molecule has 2 heterocycles. The Morgan fingerprint density at radius 2 is 1.03 bits per heavy atom. The standard InChI is InChI=1S/C56H53BN2/c1-54(2,3)39-23-26-41(27-24-39)58-50-31-25-40(55(4,5)6)35-48(50)57-47-34-38(37-16-9-7-10-17-37)22-30-49(47)59(52-21-15-20-51(58)53(52)57)42-28-29-46-44(36-42)43-18-11-12-19-45(43)56(46)32-13-8-14-33-56/h7,9-12,15-31,34-36H,8,13-14,32-33H2,1-6H3. The third-order valence-corrected chi connectivity index (χ3v) is 14.2. The number of rotatable bonds is 3. The molecule has 0 aromatic heterocycles. The molecule has 1 saturated carbocycles. The molecule has 1 fully saturated rings. The van der Waals surface area contributed by atoms with Crippen molar-refractivity contribution in [3.05, 3.63) is 174 Å². The fourth-order valence-corrected chi connectivity index (χ4v) is 11.2. The zero-order chi connectivity index (χ0) is 40.3. The van der Waals surface area contributed by atoms with E-state index >= 15 is 0 Å². The lowest BCUT2D eigenvalue weighted by molar-refractivity contribution is 0.353. The number of hydrogen-bond acceptors (Lipinski definition) is 2. The van der Waals surface area contributed by atoms with E-state index in [1.54, 1.807) is 0 Å². The van der Waals surface area contributed by atoms with Gasteiger partial charge in [-0.05, 0) is 133 Å². The molecule has 0 unspecified atom stereocenters. The van der Waals surface area contributed by atoms with Gasteiger partial charge in [-0.3, -0.25) is 0 Å². The predicted octanol–water partition coefficient (Wildman–Crippen LogP) is 13.3. The molecule has 7 aromatic carbocycles. The van der Waals surface area contributed by atoms with Crippen LogP contribution in [0.4, 0.5) is 34.1 Å². The number of nitrogens with zero attached hydrogens (tertiary/aromatic N) is 2. The molecule has 2 aliphatic carbocycles. The Morgan fingerprint density at radius 1 is 0.441 bits per heavy atom. The Labute approximate surface area is 351 Å². The van der Waals surface area contributed by atoms with Crippen LogP contribution in [-0.4, -0.2) is 6.71 Å². The summed E-state index contributed by atoms with van der Waals surface area (Å²) in [6.45, 7) is 14.0. The van der Waals surface area contributed by atoms with E-state index in [4.69, 9.17) is 0 Å². The highest BCUT2D eigenvalue weighted by Crippen LogP contribution is 2.57. The van der Waals surface area contributed by atoms with Crippen LogP contribution in [0.3, 0.4) is 0 Å². The van der Waals surface area contributed by atoms with Gasteiger partial charge in [-0.25, -0.2) is 0 Å². The first-order valence-corrected chi connectivity index (χ1v) is 21.9. The zero-order valence-corrected chi connectivity index (χ0v) is 35.4. The first-order chi connectivity index (χ1) is 28.5. The van der Waals surface area contributed by atoms with Crippen LogP contribution in [0.25, 0.3) is 22.3 Å². The van der Waals surface area contributed by atoms with Crippen LogP contribution in [0, 0.1) is 0 Å². The highest BCUT2D eigenvalue weighted by Gasteiger charge is 2.46. The Morgan fingerprint density at radius 3 is 1.75 bits per heavy atom. The Bertz CT molecular complexity index is 2780. The van der Waals surface area contributed by atoms with Gasteiger partial charge in [0.1, 0.15) is 0 Å². The van der Waals surface area contributed by atoms with Gasteiger partial charge in [-0.1, -0.05) is 164 Å². The average Bonchev–Trinajstić information content (AvgIpc) is 3.51. The average molecular weight is 765 g/mol. The summed E-state index contributed by atoms with van der Waals surface area (Å²) >= 11 is 0. The largest absolute Gasteiger partial charge is 0.311 e. The van der Waals surface area contributed by atoms with E-state index in [1.165, 1.54) is 127 Å². The van der Waals surface area contributed by atoms with Crippen LogP contribution in [0.15, 0.2) is 152 Å². The third kappa shape index (κ3) is 5.53. The predicted molar refractivity (Wildman–Crippen MR) is 253 cm³/mol. The van der Waals surface area contributed by atoms with Crippen molar-refractivity contribution in [3.63, 3.8) is 0 Å². The molecule has 4 aliphatic rings. The Hall–Kier alpha value is -5.80. The molecule has 7 aromatic rings. The normalized spacial score (nSPS) is 16.0. The molecule has 3 heteroatoms. The highest BCUT2D eigenvalue weighted by atomic mass is 15.2. The number of anilines is 6. The minimum atomic E-state index is -0.000164. The molecular formula is C56H53BN2. The van der Waals surface area contributed by atoms with Gasteiger partial charge in [0.15, 0.2) is 0 Å². The summed E-state index contributed by atoms with van der Waals surface area (Å²) < 4.78 is 0. The SMILES string of the molecule is CC(C)(C)c1ccc(N2c3ccc(C(C)(C)C)cc3B3c4cc(-c5ccccc5)ccc4N(c4ccc5c(c4)-c4ccccc4C54CCCCC4)c4cccc2c43)cc1. The summed E-state index contributed by atoms with van der Waals surface area (Å²) in [4.78, 5) is 5.13. The summed E-state index contributed by atoms with van der Waals surface area (Å²) in [6.07, 6.45) is 6.41. The zero-order valence-electron chi connectivity index (χ0n) is 35.4. The van der Waals surface area contributed by atoms with E-state index in [9.17, 15) is 0 Å². The van der Waals surface area contributed by atoms with Gasteiger partial charge >= 0.3 is 0 Å². The van der Waals surface area contributed by atoms with Gasteiger partial charge in [-0.2, -0.15) is 0 Å². The number of fused-ring (bicyclic) bond motifs is 9. The number of benzene rings is 7. The summed E-state index contributed by atoms with van der Waals surface area (Å²) in [5.74, 6) is 0. The second-order valence-electron chi connectivity index (χ2n) is 19.7. The first-order valence-electron chi connectivity index (χ1n) is 21.9. The quantitative estimate of drug-likeness (QED) is 0.165. The lowest BCUT2D eigenvalue weighted by Gasteiger charge is -2.44. The van der Waals surface area contributed by atoms with Crippen molar-refractivity contribution in [2.45, 2.75) is 89.9 Å². The van der Waals surface area contributed by atoms with Crippen LogP contribution >= 0.6 is 0 Å². The lowest BCUT2D eigenvalue weighted by atomic mass is 9.33. The molecule has 0 atom stereocenters. The topological polar surface area (TPSA) is 6.48 Å². The smallest absolute Gasteiger partial charge is 0.252 e. The van der Waals surface area contributed by atoms with Gasteiger partial charge in [0.2, 0.25) is 0 Å². The molecule has 1 spiro atoms. The number of hydrogen-bond donors (Lipinski definition) is 0. The Balaban J connectivity index is 1.18. The van der Waals surface area contributed by atoms with E-state index in [1.807, 2.05) is 0 Å². The van der Waals surface area contributed by atoms with E-state index < -0.39 is 0 Å². The maximum absolute atomic E-state index is 2.59. The van der Waals surface area contributed by atoms with Gasteiger partial charge in [0.05, 0.1) is 0 Å². The van der Waals surface area contributed by atoms with Crippen molar-refractivity contribution in [2.24, 2.45) is 0 Å². The van der Waals surface area contributed by atoms with Gasteiger partial charge in [-0.15, -0.1) is 0 Å². The third-order valence-electron chi connectivity index (χ3n) is 14.2. The van der Waals surface area contributed by atoms with E-state index in [-0.39, 0.29) is 23.0 Å². The van der Waals surface area contributed by atoms with E-state index in [2.05, 4.69) is 203 Å². The second-order valence-corrected chi connectivity index (χ2v) is 19.7. The summed E-state index contributed by atoms with van der Waals surface area (Å²) in [7, 11) is 0. The van der Waals surface area contributed by atoms with Crippen LogP contribution < -0.4 is 26.2 Å². The molecule has 2 aliphatic heterocycles. The van der Waals surface area contributed by atoms with Gasteiger partial charge in [0.25, 0.3) is 6.71 Å². The van der Waals surface area contributed by atoms with Crippen molar-refractivity contribution < 1.29 is 0 Å². The van der Waals surface area contributed by atoms with Crippen molar-refractivity contribution in [2.75, 3.05) is 9.80 Å². The molecular weight excluding hydrogens is 711 g/mol. The molecule has 0 bridgehead atoms. The van der Waals surface area contributed by atoms with Crippen molar-refractivity contribution in [1.29, 1.82) is 0 Å². The molecule has 0 saturated heterocycles. The molecule has 0 radical (unpaired) electrons. The maximum atomic E-state index is 2.59.